The molecule has 4 nitrogen and oxygen atoms in total. The molecule has 1 aromatic rings. The lowest BCUT2D eigenvalue weighted by molar-refractivity contribution is -0.662. The predicted octanol–water partition coefficient (Wildman–Crippen LogP) is -0.221. The fraction of sp³-hybridized carbons (Fsp3) is 0.462. The molecule has 1 aliphatic heterocycles. The van der Waals surface area contributed by atoms with Crippen molar-refractivity contribution in [1.82, 2.24) is 4.90 Å². The number of aryl methyl sites for hydroxylation is 1. The van der Waals surface area contributed by atoms with Gasteiger partial charge in [0.25, 0.3) is 5.91 Å². The maximum Gasteiger partial charge on any atom is 0.260 e. The maximum atomic E-state index is 11.8. The summed E-state index contributed by atoms with van der Waals surface area (Å²) >= 11 is 0. The highest BCUT2D eigenvalue weighted by Gasteiger charge is 2.18. The second kappa shape index (κ2) is 5.68. The third kappa shape index (κ3) is 3.46. The fourth-order valence-corrected chi connectivity index (χ4v) is 1.94. The molecule has 0 radical (unpaired) electrons. The van der Waals surface area contributed by atoms with Gasteiger partial charge in [-0.15, -0.1) is 0 Å². The Hall–Kier alpha value is -1.55. The van der Waals surface area contributed by atoms with E-state index in [1.54, 1.807) is 0 Å². The lowest BCUT2D eigenvalue weighted by Gasteiger charge is -2.25. The molecule has 17 heavy (non-hydrogen) atoms. The van der Waals surface area contributed by atoms with E-state index in [2.05, 4.69) is 5.32 Å². The van der Waals surface area contributed by atoms with E-state index in [1.165, 1.54) is 0 Å². The normalized spacial score (nSPS) is 15.7. The molecule has 1 heterocycles. The van der Waals surface area contributed by atoms with E-state index in [1.807, 2.05) is 36.1 Å². The second-order valence-corrected chi connectivity index (χ2v) is 4.35. The zero-order valence-corrected chi connectivity index (χ0v) is 10.2. The largest absolute Gasteiger partial charge is 0.484 e. The van der Waals surface area contributed by atoms with Crippen molar-refractivity contribution in [3.05, 3.63) is 29.8 Å². The summed E-state index contributed by atoms with van der Waals surface area (Å²) in [4.78, 5) is 13.7. The monoisotopic (exact) mass is 235 g/mol. The van der Waals surface area contributed by atoms with Gasteiger partial charge in [-0.1, -0.05) is 12.1 Å². The van der Waals surface area contributed by atoms with Crippen LogP contribution in [0.4, 0.5) is 0 Å². The highest BCUT2D eigenvalue weighted by atomic mass is 16.5. The minimum atomic E-state index is 0.0830. The number of nitrogens with zero attached hydrogens (tertiary/aromatic N) is 1. The summed E-state index contributed by atoms with van der Waals surface area (Å²) in [5, 5.41) is 2.23. The number of quaternary nitrogens is 1. The minimum Gasteiger partial charge on any atom is -0.484 e. The molecular formula is C13H19N2O2+. The highest BCUT2D eigenvalue weighted by molar-refractivity contribution is 5.77. The Labute approximate surface area is 102 Å². The SMILES string of the molecule is Cc1cccc(OCC(=O)N2CC[NH2+]CC2)c1. The van der Waals surface area contributed by atoms with Crippen LogP contribution in [0.3, 0.4) is 0 Å². The van der Waals surface area contributed by atoms with Gasteiger partial charge >= 0.3 is 0 Å². The van der Waals surface area contributed by atoms with Crippen LogP contribution in [0.5, 0.6) is 5.75 Å². The van der Waals surface area contributed by atoms with Crippen molar-refractivity contribution in [2.45, 2.75) is 6.92 Å². The van der Waals surface area contributed by atoms with Crippen LogP contribution in [0.1, 0.15) is 5.56 Å². The Balaban J connectivity index is 1.83. The first-order valence-electron chi connectivity index (χ1n) is 6.04. The quantitative estimate of drug-likeness (QED) is 0.787. The standard InChI is InChI=1S/C13H18N2O2/c1-11-3-2-4-12(9-11)17-10-13(16)15-7-5-14-6-8-15/h2-4,9,14H,5-8,10H2,1H3/p+1. The van der Waals surface area contributed by atoms with Gasteiger partial charge in [-0.3, -0.25) is 4.79 Å². The van der Waals surface area contributed by atoms with Crippen LogP contribution >= 0.6 is 0 Å². The van der Waals surface area contributed by atoms with E-state index in [0.717, 1.165) is 37.5 Å². The zero-order valence-electron chi connectivity index (χ0n) is 10.2. The van der Waals surface area contributed by atoms with E-state index in [0.29, 0.717) is 0 Å². The fourth-order valence-electron chi connectivity index (χ4n) is 1.94. The summed E-state index contributed by atoms with van der Waals surface area (Å²) in [6.45, 7) is 5.80. The van der Waals surface area contributed by atoms with Gasteiger partial charge in [0, 0.05) is 0 Å². The Morgan fingerprint density at radius 2 is 2.18 bits per heavy atom. The Morgan fingerprint density at radius 1 is 1.41 bits per heavy atom. The summed E-state index contributed by atoms with van der Waals surface area (Å²) in [6.07, 6.45) is 0. The molecule has 1 amide bonds. The van der Waals surface area contributed by atoms with Crippen LogP contribution in [0.2, 0.25) is 0 Å². The third-order valence-corrected chi connectivity index (χ3v) is 2.91. The Morgan fingerprint density at radius 3 is 2.88 bits per heavy atom. The van der Waals surface area contributed by atoms with Gasteiger partial charge in [-0.2, -0.15) is 0 Å². The number of ether oxygens (including phenoxy) is 1. The highest BCUT2D eigenvalue weighted by Crippen LogP contribution is 2.12. The van der Waals surface area contributed by atoms with Crippen LogP contribution in [0.25, 0.3) is 0 Å². The first kappa shape index (κ1) is 11.9. The summed E-state index contributed by atoms with van der Waals surface area (Å²) in [5.74, 6) is 0.849. The average molecular weight is 235 g/mol. The molecule has 0 saturated carbocycles. The van der Waals surface area contributed by atoms with E-state index in [4.69, 9.17) is 4.74 Å². The van der Waals surface area contributed by atoms with Crippen molar-refractivity contribution in [2.24, 2.45) is 0 Å². The molecule has 1 aliphatic rings. The molecule has 1 fully saturated rings. The number of benzene rings is 1. The van der Waals surface area contributed by atoms with Crippen LogP contribution in [-0.2, 0) is 4.79 Å². The van der Waals surface area contributed by atoms with Crippen molar-refractivity contribution < 1.29 is 14.8 Å². The number of hydrogen-bond donors (Lipinski definition) is 1. The van der Waals surface area contributed by atoms with Gasteiger partial charge in [-0.05, 0) is 24.6 Å². The number of amides is 1. The number of carbonyl (C=O) groups excluding carboxylic acids is 1. The van der Waals surface area contributed by atoms with E-state index in [-0.39, 0.29) is 12.5 Å². The zero-order chi connectivity index (χ0) is 12.1. The molecule has 0 aromatic heterocycles. The predicted molar refractivity (Wildman–Crippen MR) is 64.9 cm³/mol. The van der Waals surface area contributed by atoms with Crippen LogP contribution in [0, 0.1) is 6.92 Å². The second-order valence-electron chi connectivity index (χ2n) is 4.35. The minimum absolute atomic E-state index is 0.0830. The van der Waals surface area contributed by atoms with Crippen LogP contribution in [0.15, 0.2) is 24.3 Å². The van der Waals surface area contributed by atoms with E-state index in [9.17, 15) is 4.79 Å². The lowest BCUT2D eigenvalue weighted by atomic mass is 10.2. The lowest BCUT2D eigenvalue weighted by Crippen LogP contribution is -2.90. The smallest absolute Gasteiger partial charge is 0.260 e. The molecule has 92 valence electrons. The summed E-state index contributed by atoms with van der Waals surface area (Å²) in [6, 6.07) is 7.77. The Bertz CT molecular complexity index is 387. The van der Waals surface area contributed by atoms with Gasteiger partial charge < -0.3 is 15.0 Å². The molecule has 0 atom stereocenters. The topological polar surface area (TPSA) is 46.1 Å². The Kier molecular flexibility index (Phi) is 3.98. The molecule has 0 aliphatic carbocycles. The molecule has 4 heteroatoms. The van der Waals surface area contributed by atoms with Gasteiger partial charge in [0.15, 0.2) is 6.61 Å². The molecule has 1 saturated heterocycles. The van der Waals surface area contributed by atoms with Gasteiger partial charge in [0.1, 0.15) is 5.75 Å². The molecule has 2 rings (SSSR count). The molecule has 0 spiro atoms. The van der Waals surface area contributed by atoms with Crippen molar-refractivity contribution in [2.75, 3.05) is 32.8 Å². The molecule has 2 N–H and O–H groups in total. The number of piperazine rings is 1. The van der Waals surface area contributed by atoms with Crippen LogP contribution < -0.4 is 10.1 Å². The van der Waals surface area contributed by atoms with Crippen LogP contribution in [-0.4, -0.2) is 43.6 Å². The average Bonchev–Trinajstić information content (AvgIpc) is 2.37. The van der Waals surface area contributed by atoms with Crippen molar-refractivity contribution in [1.29, 1.82) is 0 Å². The summed E-state index contributed by atoms with van der Waals surface area (Å²) in [5.41, 5.74) is 1.14. The number of rotatable bonds is 3. The molecule has 0 bridgehead atoms. The number of nitrogens with two attached hydrogens (primary N) is 1. The number of carbonyl (C=O) groups is 1. The van der Waals surface area contributed by atoms with Gasteiger partial charge in [0.05, 0.1) is 26.2 Å². The maximum absolute atomic E-state index is 11.8. The summed E-state index contributed by atoms with van der Waals surface area (Å²) < 4.78 is 5.50. The van der Waals surface area contributed by atoms with Crippen molar-refractivity contribution in [3.8, 4) is 5.75 Å². The number of hydrogen-bond acceptors (Lipinski definition) is 2. The van der Waals surface area contributed by atoms with Gasteiger partial charge in [0.2, 0.25) is 0 Å². The molecule has 0 unspecified atom stereocenters. The van der Waals surface area contributed by atoms with Gasteiger partial charge in [-0.25, -0.2) is 0 Å². The summed E-state index contributed by atoms with van der Waals surface area (Å²) in [7, 11) is 0. The third-order valence-electron chi connectivity index (χ3n) is 2.91. The first-order chi connectivity index (χ1) is 8.25. The van der Waals surface area contributed by atoms with E-state index < -0.39 is 0 Å². The molecule has 1 aromatic carbocycles. The van der Waals surface area contributed by atoms with Crippen molar-refractivity contribution in [3.63, 3.8) is 0 Å². The molecular weight excluding hydrogens is 216 g/mol. The van der Waals surface area contributed by atoms with E-state index >= 15 is 0 Å². The first-order valence-corrected chi connectivity index (χ1v) is 6.04. The van der Waals surface area contributed by atoms with Crippen molar-refractivity contribution >= 4 is 5.91 Å².